The summed E-state index contributed by atoms with van der Waals surface area (Å²) in [6, 6.07) is 0. The molecule has 0 saturated carbocycles. The van der Waals surface area contributed by atoms with Crippen LogP contribution in [0.2, 0.25) is 0 Å². The molecule has 0 fully saturated rings. The van der Waals surface area contributed by atoms with Gasteiger partial charge in [-0.15, -0.1) is 0 Å². The van der Waals surface area contributed by atoms with Crippen LogP contribution in [0.15, 0.2) is 0 Å². The van der Waals surface area contributed by atoms with E-state index in [4.69, 9.17) is 31.3 Å². The van der Waals surface area contributed by atoms with Crippen molar-refractivity contribution in [2.75, 3.05) is 13.2 Å². The first-order valence-corrected chi connectivity index (χ1v) is 4.01. The van der Waals surface area contributed by atoms with Crippen LogP contribution >= 0.6 is 0 Å². The molecule has 0 aliphatic rings. The predicted molar refractivity (Wildman–Crippen MR) is 45.2 cm³/mol. The van der Waals surface area contributed by atoms with E-state index in [2.05, 4.69) is 0 Å². The van der Waals surface area contributed by atoms with Gasteiger partial charge in [-0.05, 0) is 0 Å². The van der Waals surface area contributed by atoms with Gasteiger partial charge in [0.1, 0.15) is 24.9 Å². The second-order valence-corrected chi connectivity index (χ2v) is 2.85. The number of carbonyl (C=O) groups is 1. The number of aliphatic hydroxyl groups excluding tert-OH is 5. The molecular formula is C7H15NO6. The van der Waals surface area contributed by atoms with Crippen LogP contribution < -0.4 is 5.73 Å². The normalized spacial score (nSPS) is 19.9. The monoisotopic (exact) mass is 209 g/mol. The van der Waals surface area contributed by atoms with Gasteiger partial charge < -0.3 is 31.3 Å². The Morgan fingerprint density at radius 3 is 2.00 bits per heavy atom. The minimum absolute atomic E-state index is 0.321. The van der Waals surface area contributed by atoms with Crippen LogP contribution in [0.3, 0.4) is 0 Å². The lowest BCUT2D eigenvalue weighted by molar-refractivity contribution is -0.146. The van der Waals surface area contributed by atoms with Crippen LogP contribution in [-0.4, -0.2) is 68.9 Å². The van der Waals surface area contributed by atoms with Crippen molar-refractivity contribution in [3.8, 4) is 0 Å². The summed E-state index contributed by atoms with van der Waals surface area (Å²) < 4.78 is 0. The van der Waals surface area contributed by atoms with E-state index in [1.807, 2.05) is 0 Å². The Balaban J connectivity index is 4.30. The van der Waals surface area contributed by atoms with Gasteiger partial charge in [-0.25, -0.2) is 0 Å². The van der Waals surface area contributed by atoms with Crippen molar-refractivity contribution in [3.05, 3.63) is 0 Å². The second-order valence-electron chi connectivity index (χ2n) is 2.85. The first-order valence-electron chi connectivity index (χ1n) is 4.01. The van der Waals surface area contributed by atoms with Gasteiger partial charge in [-0.3, -0.25) is 4.79 Å². The minimum atomic E-state index is -1.93. The molecule has 7 nitrogen and oxygen atoms in total. The average Bonchev–Trinajstić information content (AvgIpc) is 2.23. The standard InChI is InChI=1S/C7H15NO6/c8-1-3(10)5(12)7(14)6(13)4(11)2-9/h3,5-7,9-10,12-14H,1-2,8H2/t3-,5+,6-,7+/m1/s1. The third-order valence-corrected chi connectivity index (χ3v) is 1.79. The maximum Gasteiger partial charge on any atom is 0.189 e. The van der Waals surface area contributed by atoms with Gasteiger partial charge >= 0.3 is 0 Å². The van der Waals surface area contributed by atoms with E-state index in [-0.39, 0.29) is 6.54 Å². The molecule has 0 radical (unpaired) electrons. The molecule has 0 bridgehead atoms. The third kappa shape index (κ3) is 3.29. The number of hydrogen-bond donors (Lipinski definition) is 6. The Labute approximate surface area is 80.4 Å². The van der Waals surface area contributed by atoms with Crippen molar-refractivity contribution < 1.29 is 30.3 Å². The molecule has 0 aliphatic carbocycles. The molecule has 0 aromatic rings. The maximum atomic E-state index is 10.7. The number of hydrogen-bond acceptors (Lipinski definition) is 7. The van der Waals surface area contributed by atoms with Crippen molar-refractivity contribution in [2.45, 2.75) is 24.4 Å². The Bertz CT molecular complexity index is 187. The number of carbonyl (C=O) groups excluding carboxylic acids is 1. The van der Waals surface area contributed by atoms with E-state index >= 15 is 0 Å². The highest BCUT2D eigenvalue weighted by atomic mass is 16.4. The zero-order valence-electron chi connectivity index (χ0n) is 7.45. The summed E-state index contributed by atoms with van der Waals surface area (Å²) in [6.45, 7) is -1.28. The summed E-state index contributed by atoms with van der Waals surface area (Å²) in [6.07, 6.45) is -6.97. The van der Waals surface area contributed by atoms with E-state index in [0.717, 1.165) is 0 Å². The van der Waals surface area contributed by atoms with Gasteiger partial charge in [-0.1, -0.05) is 0 Å². The van der Waals surface area contributed by atoms with Crippen molar-refractivity contribution in [2.24, 2.45) is 5.73 Å². The Morgan fingerprint density at radius 1 is 1.14 bits per heavy atom. The molecule has 0 saturated heterocycles. The third-order valence-electron chi connectivity index (χ3n) is 1.79. The highest BCUT2D eigenvalue weighted by Gasteiger charge is 2.33. The van der Waals surface area contributed by atoms with Gasteiger partial charge in [0.05, 0.1) is 6.10 Å². The maximum absolute atomic E-state index is 10.7. The highest BCUT2D eigenvalue weighted by molar-refractivity contribution is 5.84. The molecule has 7 N–H and O–H groups in total. The van der Waals surface area contributed by atoms with Gasteiger partial charge in [-0.2, -0.15) is 0 Å². The molecule has 84 valence electrons. The second kappa shape index (κ2) is 6.02. The zero-order chi connectivity index (χ0) is 11.3. The fraction of sp³-hybridized carbons (Fsp3) is 0.857. The van der Waals surface area contributed by atoms with Crippen LogP contribution in [0, 0.1) is 0 Å². The fourth-order valence-electron chi connectivity index (χ4n) is 0.838. The zero-order valence-corrected chi connectivity index (χ0v) is 7.45. The predicted octanol–water partition coefficient (Wildman–Crippen LogP) is -4.05. The number of Topliss-reactive ketones (excluding diaryl/α,β-unsaturated/α-hetero) is 1. The van der Waals surface area contributed by atoms with E-state index in [1.54, 1.807) is 0 Å². The Hall–Kier alpha value is -0.570. The molecule has 0 unspecified atom stereocenters. The van der Waals surface area contributed by atoms with Gasteiger partial charge in [0, 0.05) is 6.54 Å². The molecule has 7 heteroatoms. The van der Waals surface area contributed by atoms with Crippen LogP contribution in [-0.2, 0) is 4.79 Å². The van der Waals surface area contributed by atoms with Crippen molar-refractivity contribution >= 4 is 5.78 Å². The minimum Gasteiger partial charge on any atom is -0.389 e. The van der Waals surface area contributed by atoms with Gasteiger partial charge in [0.2, 0.25) is 0 Å². The molecule has 0 aromatic carbocycles. The van der Waals surface area contributed by atoms with Gasteiger partial charge in [0.15, 0.2) is 5.78 Å². The number of nitrogens with two attached hydrogens (primary N) is 1. The molecule has 0 heterocycles. The quantitative estimate of drug-likeness (QED) is 0.261. The molecule has 4 atom stereocenters. The topological polar surface area (TPSA) is 144 Å². The summed E-state index contributed by atoms with van der Waals surface area (Å²) in [4.78, 5) is 10.7. The van der Waals surface area contributed by atoms with Crippen molar-refractivity contribution in [3.63, 3.8) is 0 Å². The fourth-order valence-corrected chi connectivity index (χ4v) is 0.838. The summed E-state index contributed by atoms with van der Waals surface area (Å²) in [5.41, 5.74) is 4.98. The molecular weight excluding hydrogens is 194 g/mol. The molecule has 0 aromatic heterocycles. The molecule has 0 aliphatic heterocycles. The summed E-state index contributed by atoms with van der Waals surface area (Å²) in [7, 11) is 0. The Morgan fingerprint density at radius 2 is 1.64 bits per heavy atom. The SMILES string of the molecule is NC[C@@H](O)[C@H](O)[C@H](O)[C@H](O)C(=O)CO. The first kappa shape index (κ1) is 13.4. The lowest BCUT2D eigenvalue weighted by Crippen LogP contribution is -2.50. The van der Waals surface area contributed by atoms with Crippen molar-refractivity contribution in [1.82, 2.24) is 0 Å². The molecule has 14 heavy (non-hydrogen) atoms. The highest BCUT2D eigenvalue weighted by Crippen LogP contribution is 2.05. The van der Waals surface area contributed by atoms with Crippen LogP contribution in [0.25, 0.3) is 0 Å². The number of ketones is 1. The van der Waals surface area contributed by atoms with Crippen LogP contribution in [0.1, 0.15) is 0 Å². The average molecular weight is 209 g/mol. The summed E-state index contributed by atoms with van der Waals surface area (Å²) in [5.74, 6) is -1.04. The smallest absolute Gasteiger partial charge is 0.189 e. The summed E-state index contributed by atoms with van der Waals surface area (Å²) in [5, 5.41) is 44.6. The van der Waals surface area contributed by atoms with Crippen LogP contribution in [0.5, 0.6) is 0 Å². The van der Waals surface area contributed by atoms with Crippen molar-refractivity contribution in [1.29, 1.82) is 0 Å². The summed E-state index contributed by atoms with van der Waals surface area (Å²) >= 11 is 0. The van der Waals surface area contributed by atoms with E-state index in [9.17, 15) is 4.79 Å². The molecule has 0 amide bonds. The lowest BCUT2D eigenvalue weighted by Gasteiger charge is -2.24. The lowest BCUT2D eigenvalue weighted by atomic mass is 10.0. The number of rotatable bonds is 6. The van der Waals surface area contributed by atoms with E-state index in [0.29, 0.717) is 0 Å². The van der Waals surface area contributed by atoms with E-state index in [1.165, 1.54) is 0 Å². The molecule has 0 spiro atoms. The molecule has 0 rings (SSSR count). The van der Waals surface area contributed by atoms with Crippen LogP contribution in [0.4, 0.5) is 0 Å². The van der Waals surface area contributed by atoms with E-state index < -0.39 is 36.8 Å². The van der Waals surface area contributed by atoms with Gasteiger partial charge in [0.25, 0.3) is 0 Å². The Kier molecular flexibility index (Phi) is 5.77. The first-order chi connectivity index (χ1) is 6.45. The number of aliphatic hydroxyl groups is 5. The largest absolute Gasteiger partial charge is 0.389 e.